The van der Waals surface area contributed by atoms with E-state index in [1.54, 1.807) is 0 Å². The van der Waals surface area contributed by atoms with E-state index in [1.165, 1.54) is 0 Å². The fourth-order valence-electron chi connectivity index (χ4n) is 0.929. The van der Waals surface area contributed by atoms with Gasteiger partial charge in [0.2, 0.25) is 0 Å². The molecule has 0 aromatic heterocycles. The van der Waals surface area contributed by atoms with Gasteiger partial charge in [-0.15, -0.1) is 0 Å². The summed E-state index contributed by atoms with van der Waals surface area (Å²) in [4.78, 5) is 10.9. The van der Waals surface area contributed by atoms with Crippen LogP contribution in [-0.2, 0) is 4.79 Å². The van der Waals surface area contributed by atoms with Crippen molar-refractivity contribution < 1.29 is 4.79 Å². The third kappa shape index (κ3) is 7.49. The highest BCUT2D eigenvalue weighted by Gasteiger charge is 1.98. The predicted octanol–water partition coefficient (Wildman–Crippen LogP) is 0.423. The average molecular weight is 158 g/mol. The van der Waals surface area contributed by atoms with E-state index in [0.29, 0.717) is 19.4 Å². The summed E-state index contributed by atoms with van der Waals surface area (Å²) >= 11 is 0. The van der Waals surface area contributed by atoms with Gasteiger partial charge in [-0.2, -0.15) is 0 Å². The second-order valence-electron chi connectivity index (χ2n) is 2.68. The van der Waals surface area contributed by atoms with Crippen LogP contribution in [-0.4, -0.2) is 18.9 Å². The molecule has 0 unspecified atom stereocenters. The Morgan fingerprint density at radius 3 is 2.18 bits per heavy atom. The Bertz CT molecular complexity index is 104. The predicted molar refractivity (Wildman–Crippen MR) is 46.2 cm³/mol. The van der Waals surface area contributed by atoms with Crippen molar-refractivity contribution >= 4 is 5.78 Å². The quantitative estimate of drug-likeness (QED) is 0.528. The lowest BCUT2D eigenvalue weighted by atomic mass is 10.1. The summed E-state index contributed by atoms with van der Waals surface area (Å²) in [6.07, 6.45) is 4.26. The molecule has 0 aromatic rings. The summed E-state index contributed by atoms with van der Waals surface area (Å²) in [6, 6.07) is 0. The summed E-state index contributed by atoms with van der Waals surface area (Å²) in [5, 5.41) is 0. The van der Waals surface area contributed by atoms with Gasteiger partial charge in [0.1, 0.15) is 5.78 Å². The van der Waals surface area contributed by atoms with E-state index in [0.717, 1.165) is 25.8 Å². The maximum atomic E-state index is 10.9. The zero-order chi connectivity index (χ0) is 8.53. The fraction of sp³-hybridized carbons (Fsp3) is 0.875. The van der Waals surface area contributed by atoms with Crippen LogP contribution < -0.4 is 11.5 Å². The van der Waals surface area contributed by atoms with Crippen LogP contribution >= 0.6 is 0 Å². The van der Waals surface area contributed by atoms with Crippen molar-refractivity contribution in [2.24, 2.45) is 11.5 Å². The first kappa shape index (κ1) is 10.6. The van der Waals surface area contributed by atoms with E-state index in [-0.39, 0.29) is 5.78 Å². The summed E-state index contributed by atoms with van der Waals surface area (Å²) < 4.78 is 0. The van der Waals surface area contributed by atoms with Crippen LogP contribution in [0.25, 0.3) is 0 Å². The van der Waals surface area contributed by atoms with Gasteiger partial charge in [-0.1, -0.05) is 6.42 Å². The van der Waals surface area contributed by atoms with Gasteiger partial charge < -0.3 is 11.5 Å². The average Bonchev–Trinajstić information content (AvgIpc) is 1.99. The SMILES string of the molecule is NCCCCCC(=O)CCN. The minimum Gasteiger partial charge on any atom is -0.330 e. The van der Waals surface area contributed by atoms with E-state index in [9.17, 15) is 4.79 Å². The molecule has 0 saturated carbocycles. The lowest BCUT2D eigenvalue weighted by Crippen LogP contribution is -2.07. The topological polar surface area (TPSA) is 69.1 Å². The first-order valence-corrected chi connectivity index (χ1v) is 4.23. The van der Waals surface area contributed by atoms with Crippen LogP contribution in [0.2, 0.25) is 0 Å². The number of carbonyl (C=O) groups is 1. The zero-order valence-corrected chi connectivity index (χ0v) is 7.01. The summed E-state index contributed by atoms with van der Waals surface area (Å²) in [5.74, 6) is 0.282. The Morgan fingerprint density at radius 2 is 1.64 bits per heavy atom. The monoisotopic (exact) mass is 158 g/mol. The molecule has 0 heterocycles. The van der Waals surface area contributed by atoms with Gasteiger partial charge in [0, 0.05) is 12.8 Å². The number of nitrogens with two attached hydrogens (primary N) is 2. The van der Waals surface area contributed by atoms with Crippen molar-refractivity contribution in [1.82, 2.24) is 0 Å². The van der Waals surface area contributed by atoms with Gasteiger partial charge in [-0.25, -0.2) is 0 Å². The van der Waals surface area contributed by atoms with E-state index in [2.05, 4.69) is 0 Å². The fourth-order valence-corrected chi connectivity index (χ4v) is 0.929. The number of ketones is 1. The second kappa shape index (κ2) is 7.69. The molecule has 0 radical (unpaired) electrons. The Balaban J connectivity index is 3.04. The summed E-state index contributed by atoms with van der Waals surface area (Å²) in [7, 11) is 0. The first-order valence-electron chi connectivity index (χ1n) is 4.23. The molecule has 0 atom stereocenters. The van der Waals surface area contributed by atoms with Gasteiger partial charge >= 0.3 is 0 Å². The van der Waals surface area contributed by atoms with E-state index in [1.807, 2.05) is 0 Å². The molecular formula is C8H18N2O. The number of unbranched alkanes of at least 4 members (excludes halogenated alkanes) is 2. The Morgan fingerprint density at radius 1 is 0.909 bits per heavy atom. The van der Waals surface area contributed by atoms with Gasteiger partial charge in [-0.05, 0) is 25.9 Å². The lowest BCUT2D eigenvalue weighted by Gasteiger charge is -1.97. The van der Waals surface area contributed by atoms with Gasteiger partial charge in [0.15, 0.2) is 0 Å². The Labute approximate surface area is 68.1 Å². The van der Waals surface area contributed by atoms with Crippen molar-refractivity contribution in [2.75, 3.05) is 13.1 Å². The number of carbonyl (C=O) groups excluding carboxylic acids is 1. The molecule has 4 N–H and O–H groups in total. The molecule has 0 spiro atoms. The second-order valence-corrected chi connectivity index (χ2v) is 2.68. The van der Waals surface area contributed by atoms with Crippen molar-refractivity contribution in [3.63, 3.8) is 0 Å². The lowest BCUT2D eigenvalue weighted by molar-refractivity contribution is -0.119. The van der Waals surface area contributed by atoms with Crippen LogP contribution in [0.15, 0.2) is 0 Å². The molecule has 66 valence electrons. The number of hydrogen-bond donors (Lipinski definition) is 2. The number of Topliss-reactive ketones (excluding diaryl/α,β-unsaturated/α-hetero) is 1. The minimum atomic E-state index is 0.282. The highest BCUT2D eigenvalue weighted by atomic mass is 16.1. The van der Waals surface area contributed by atoms with Crippen molar-refractivity contribution in [1.29, 1.82) is 0 Å². The maximum absolute atomic E-state index is 10.9. The van der Waals surface area contributed by atoms with Crippen molar-refractivity contribution in [3.05, 3.63) is 0 Å². The maximum Gasteiger partial charge on any atom is 0.134 e. The molecule has 0 aliphatic rings. The summed E-state index contributed by atoms with van der Waals surface area (Å²) in [5.41, 5.74) is 10.5. The molecule has 0 saturated heterocycles. The van der Waals surface area contributed by atoms with Crippen LogP contribution in [0.4, 0.5) is 0 Å². The number of rotatable bonds is 7. The van der Waals surface area contributed by atoms with Crippen LogP contribution in [0.5, 0.6) is 0 Å². The van der Waals surface area contributed by atoms with E-state index >= 15 is 0 Å². The largest absolute Gasteiger partial charge is 0.330 e. The molecule has 0 fully saturated rings. The van der Waals surface area contributed by atoms with Gasteiger partial charge in [-0.3, -0.25) is 4.79 Å². The molecule has 3 heteroatoms. The Hall–Kier alpha value is -0.410. The third-order valence-electron chi connectivity index (χ3n) is 1.58. The van der Waals surface area contributed by atoms with Crippen molar-refractivity contribution in [3.8, 4) is 0 Å². The molecule has 0 aliphatic carbocycles. The Kier molecular flexibility index (Phi) is 7.41. The smallest absolute Gasteiger partial charge is 0.134 e. The third-order valence-corrected chi connectivity index (χ3v) is 1.58. The molecule has 11 heavy (non-hydrogen) atoms. The highest BCUT2D eigenvalue weighted by Crippen LogP contribution is 2.00. The molecule has 0 aromatic carbocycles. The van der Waals surface area contributed by atoms with E-state index in [4.69, 9.17) is 11.5 Å². The molecule has 3 nitrogen and oxygen atoms in total. The van der Waals surface area contributed by atoms with Crippen LogP contribution in [0, 0.1) is 0 Å². The number of hydrogen-bond acceptors (Lipinski definition) is 3. The van der Waals surface area contributed by atoms with Crippen molar-refractivity contribution in [2.45, 2.75) is 32.1 Å². The standard InChI is InChI=1S/C8H18N2O/c9-6-3-1-2-4-8(11)5-7-10/h1-7,9-10H2. The molecule has 0 rings (SSSR count). The normalized spacial score (nSPS) is 10.0. The molecule has 0 bridgehead atoms. The first-order chi connectivity index (χ1) is 5.31. The summed E-state index contributed by atoms with van der Waals surface area (Å²) in [6.45, 7) is 1.21. The van der Waals surface area contributed by atoms with E-state index < -0.39 is 0 Å². The van der Waals surface area contributed by atoms with Crippen LogP contribution in [0.1, 0.15) is 32.1 Å². The molecular weight excluding hydrogens is 140 g/mol. The molecule has 0 aliphatic heterocycles. The van der Waals surface area contributed by atoms with Gasteiger partial charge in [0.05, 0.1) is 0 Å². The van der Waals surface area contributed by atoms with Gasteiger partial charge in [0.25, 0.3) is 0 Å². The zero-order valence-electron chi connectivity index (χ0n) is 7.01. The van der Waals surface area contributed by atoms with Crippen LogP contribution in [0.3, 0.4) is 0 Å². The minimum absolute atomic E-state index is 0.282. The highest BCUT2D eigenvalue weighted by molar-refractivity contribution is 5.78. The molecule has 0 amide bonds.